The number of amides is 2. The lowest BCUT2D eigenvalue weighted by atomic mass is 9.87. The summed E-state index contributed by atoms with van der Waals surface area (Å²) in [4.78, 5) is 27.6. The molecule has 0 radical (unpaired) electrons. The van der Waals surface area contributed by atoms with Gasteiger partial charge in [0.05, 0.1) is 6.10 Å². The van der Waals surface area contributed by atoms with E-state index in [-0.39, 0.29) is 36.4 Å². The number of piperidine rings is 1. The van der Waals surface area contributed by atoms with E-state index < -0.39 is 17.9 Å². The van der Waals surface area contributed by atoms with Crippen LogP contribution in [0.5, 0.6) is 5.75 Å². The number of fused-ring (bicyclic) bond motifs is 1. The topological polar surface area (TPSA) is 59.1 Å². The lowest BCUT2D eigenvalue weighted by molar-refractivity contribution is -0.275. The summed E-state index contributed by atoms with van der Waals surface area (Å²) in [6, 6.07) is 3.21. The van der Waals surface area contributed by atoms with Crippen LogP contribution in [-0.2, 0) is 9.53 Å². The molecule has 2 atom stereocenters. The quantitative estimate of drug-likeness (QED) is 0.696. The summed E-state index contributed by atoms with van der Waals surface area (Å²) in [6.45, 7) is 1.88. The molecule has 3 aliphatic rings. The Morgan fingerprint density at radius 1 is 1.17 bits per heavy atom. The second kappa shape index (κ2) is 7.47. The molecule has 0 aromatic heterocycles. The van der Waals surface area contributed by atoms with E-state index >= 15 is 0 Å². The monoisotopic (exact) mass is 416 g/mol. The Kier molecular flexibility index (Phi) is 5.14. The van der Waals surface area contributed by atoms with E-state index in [1.54, 1.807) is 9.80 Å². The summed E-state index contributed by atoms with van der Waals surface area (Å²) in [5, 5.41) is 0. The minimum atomic E-state index is -4.95. The number of hydrogen-bond acceptors (Lipinski definition) is 4. The molecule has 0 saturated carbocycles. The highest BCUT2D eigenvalue weighted by molar-refractivity contribution is 5.81. The minimum absolute atomic E-state index is 0.0151. The van der Waals surface area contributed by atoms with Crippen LogP contribution in [0.4, 0.5) is 22.4 Å². The second-order valence-corrected chi connectivity index (χ2v) is 7.71. The van der Waals surface area contributed by atoms with Crippen LogP contribution in [0.25, 0.3) is 0 Å². The van der Waals surface area contributed by atoms with Gasteiger partial charge in [-0.05, 0) is 24.1 Å². The van der Waals surface area contributed by atoms with Crippen LogP contribution >= 0.6 is 0 Å². The number of rotatable bonds is 2. The molecule has 29 heavy (non-hydrogen) atoms. The summed E-state index contributed by atoms with van der Waals surface area (Å²) >= 11 is 0. The lowest BCUT2D eigenvalue weighted by Crippen LogP contribution is -2.58. The number of hydrogen-bond donors (Lipinski definition) is 0. The number of carbonyl (C=O) groups is 2. The highest BCUT2D eigenvalue weighted by atomic mass is 19.4. The van der Waals surface area contributed by atoms with E-state index in [1.807, 2.05) is 0 Å². The summed E-state index contributed by atoms with van der Waals surface area (Å²) in [5.41, 5.74) is 0.519. The third-order valence-electron chi connectivity index (χ3n) is 5.69. The van der Waals surface area contributed by atoms with Gasteiger partial charge in [0.1, 0.15) is 6.61 Å². The first-order valence-electron chi connectivity index (χ1n) is 9.42. The average Bonchev–Trinajstić information content (AvgIpc) is 2.61. The molecule has 1 aromatic rings. The Morgan fingerprint density at radius 3 is 2.62 bits per heavy atom. The van der Waals surface area contributed by atoms with Crippen molar-refractivity contribution < 1.29 is 36.6 Å². The van der Waals surface area contributed by atoms with Crippen molar-refractivity contribution >= 4 is 11.8 Å². The molecule has 10 heteroatoms. The summed E-state index contributed by atoms with van der Waals surface area (Å²) in [6.07, 6.45) is -3.83. The zero-order chi connectivity index (χ0) is 20.8. The summed E-state index contributed by atoms with van der Waals surface area (Å²) < 4.78 is 59.8. The van der Waals surface area contributed by atoms with E-state index in [2.05, 4.69) is 4.74 Å². The normalized spacial score (nSPS) is 25.4. The van der Waals surface area contributed by atoms with Crippen molar-refractivity contribution in [2.75, 3.05) is 32.8 Å². The lowest BCUT2D eigenvalue weighted by Gasteiger charge is -2.46. The smallest absolute Gasteiger partial charge is 0.403 e. The zero-order valence-electron chi connectivity index (χ0n) is 15.5. The van der Waals surface area contributed by atoms with E-state index in [0.717, 1.165) is 12.1 Å². The number of likely N-dealkylation sites (tertiary alicyclic amines) is 2. The molecule has 1 aromatic carbocycles. The molecular weight excluding hydrogens is 396 g/mol. The fraction of sp³-hybridized carbons (Fsp3) is 0.579. The van der Waals surface area contributed by atoms with E-state index in [9.17, 15) is 27.2 Å². The van der Waals surface area contributed by atoms with E-state index in [1.165, 1.54) is 6.07 Å². The first-order chi connectivity index (χ1) is 13.7. The molecule has 4 rings (SSSR count). The predicted molar refractivity (Wildman–Crippen MR) is 91.8 cm³/mol. The fourth-order valence-electron chi connectivity index (χ4n) is 4.18. The van der Waals surface area contributed by atoms with Gasteiger partial charge in [-0.2, -0.15) is 0 Å². The number of nitrogens with zero attached hydrogens (tertiary/aromatic N) is 2. The van der Waals surface area contributed by atoms with Crippen molar-refractivity contribution in [2.24, 2.45) is 5.92 Å². The molecular formula is C19H20F4N2O4. The molecule has 0 spiro atoms. The SMILES string of the molecule is O=C1CO[C@H]2CCN(C(=O)N3CC(c4ccc(OC(F)(F)F)c(F)c4)C3)C[C@H]2C1. The van der Waals surface area contributed by atoms with E-state index in [0.29, 0.717) is 44.6 Å². The van der Waals surface area contributed by atoms with Crippen molar-refractivity contribution in [3.8, 4) is 5.75 Å². The summed E-state index contributed by atoms with van der Waals surface area (Å²) in [7, 11) is 0. The number of alkyl halides is 3. The molecule has 0 N–H and O–H groups in total. The first kappa shape index (κ1) is 19.9. The van der Waals surface area contributed by atoms with Crippen molar-refractivity contribution in [3.05, 3.63) is 29.6 Å². The second-order valence-electron chi connectivity index (χ2n) is 7.71. The maximum atomic E-state index is 13.9. The van der Waals surface area contributed by atoms with Crippen LogP contribution in [0, 0.1) is 11.7 Å². The van der Waals surface area contributed by atoms with Gasteiger partial charge in [-0.25, -0.2) is 9.18 Å². The molecule has 0 aliphatic carbocycles. The minimum Gasteiger partial charge on any atom is -0.403 e. The highest BCUT2D eigenvalue weighted by Crippen LogP contribution is 2.34. The van der Waals surface area contributed by atoms with E-state index in [4.69, 9.17) is 4.74 Å². The predicted octanol–water partition coefficient (Wildman–Crippen LogP) is 2.92. The van der Waals surface area contributed by atoms with Crippen molar-refractivity contribution in [1.82, 2.24) is 9.80 Å². The maximum absolute atomic E-state index is 13.9. The van der Waals surface area contributed by atoms with Gasteiger partial charge in [0.25, 0.3) is 0 Å². The first-order valence-corrected chi connectivity index (χ1v) is 9.42. The molecule has 0 bridgehead atoms. The van der Waals surface area contributed by atoms with Gasteiger partial charge in [0, 0.05) is 44.4 Å². The Bertz CT molecular complexity index is 810. The van der Waals surface area contributed by atoms with Gasteiger partial charge >= 0.3 is 12.4 Å². The summed E-state index contributed by atoms with van der Waals surface area (Å²) in [5.74, 6) is -2.05. The van der Waals surface area contributed by atoms with Gasteiger partial charge in [0.2, 0.25) is 0 Å². The molecule has 3 saturated heterocycles. The van der Waals surface area contributed by atoms with Gasteiger partial charge in [0.15, 0.2) is 17.3 Å². The number of halogens is 4. The number of Topliss-reactive ketones (excluding diaryl/α,β-unsaturated/α-hetero) is 1. The van der Waals surface area contributed by atoms with Crippen LogP contribution in [0.1, 0.15) is 24.3 Å². The Balaban J connectivity index is 1.32. The number of ether oxygens (including phenoxy) is 2. The number of ketones is 1. The number of urea groups is 1. The third-order valence-corrected chi connectivity index (χ3v) is 5.69. The van der Waals surface area contributed by atoms with Crippen molar-refractivity contribution in [1.29, 1.82) is 0 Å². The largest absolute Gasteiger partial charge is 0.573 e. The molecule has 6 nitrogen and oxygen atoms in total. The van der Waals surface area contributed by atoms with Crippen LogP contribution in [0.3, 0.4) is 0 Å². The van der Waals surface area contributed by atoms with Crippen molar-refractivity contribution in [3.63, 3.8) is 0 Å². The zero-order valence-corrected chi connectivity index (χ0v) is 15.5. The van der Waals surface area contributed by atoms with Gasteiger partial charge < -0.3 is 19.3 Å². The van der Waals surface area contributed by atoms with Crippen LogP contribution in [-0.4, -0.2) is 66.9 Å². The average molecular weight is 416 g/mol. The Morgan fingerprint density at radius 2 is 1.93 bits per heavy atom. The fourth-order valence-corrected chi connectivity index (χ4v) is 4.18. The molecule has 3 heterocycles. The Hall–Kier alpha value is -2.36. The number of benzene rings is 1. The van der Waals surface area contributed by atoms with Gasteiger partial charge in [-0.15, -0.1) is 13.2 Å². The maximum Gasteiger partial charge on any atom is 0.573 e. The molecule has 2 amide bonds. The molecule has 3 fully saturated rings. The highest BCUT2D eigenvalue weighted by Gasteiger charge is 2.40. The third kappa shape index (κ3) is 4.31. The standard InChI is InChI=1S/C19H20F4N2O4/c20-15-6-11(1-2-17(15)29-19(21,22)23)13-8-25(9-13)18(27)24-4-3-16-12(7-24)5-14(26)10-28-16/h1-2,6,12-13,16H,3-5,7-10H2/t12-,16+/m1/s1. The van der Waals surface area contributed by atoms with Gasteiger partial charge in [-0.3, -0.25) is 4.79 Å². The number of carbonyl (C=O) groups excluding carboxylic acids is 2. The van der Waals surface area contributed by atoms with Crippen LogP contribution < -0.4 is 4.74 Å². The molecule has 158 valence electrons. The molecule has 3 aliphatic heterocycles. The van der Waals surface area contributed by atoms with Gasteiger partial charge in [-0.1, -0.05) is 6.07 Å². The van der Waals surface area contributed by atoms with Crippen LogP contribution in [0.15, 0.2) is 18.2 Å². The van der Waals surface area contributed by atoms with Crippen molar-refractivity contribution in [2.45, 2.75) is 31.2 Å². The van der Waals surface area contributed by atoms with Crippen LogP contribution in [0.2, 0.25) is 0 Å². The Labute approximate surface area is 164 Å². The molecule has 0 unspecified atom stereocenters.